The summed E-state index contributed by atoms with van der Waals surface area (Å²) < 4.78 is 11.0. The minimum absolute atomic E-state index is 0.0922. The van der Waals surface area contributed by atoms with E-state index in [2.05, 4.69) is 29.0 Å². The lowest BCUT2D eigenvalue weighted by molar-refractivity contribution is -0.0254. The molecule has 36 heavy (non-hydrogen) atoms. The lowest BCUT2D eigenvalue weighted by atomic mass is 9.89. The third-order valence-corrected chi connectivity index (χ3v) is 7.69. The topological polar surface area (TPSA) is 104 Å². The number of hydrogen-bond donors (Lipinski definition) is 3. The Labute approximate surface area is 214 Å². The zero-order valence-corrected chi connectivity index (χ0v) is 21.5. The van der Waals surface area contributed by atoms with E-state index in [4.69, 9.17) is 20.6 Å². The Morgan fingerprint density at radius 2 is 1.53 bits per heavy atom. The minimum Gasteiger partial charge on any atom is -0.398 e. The molecule has 2 aromatic rings. The van der Waals surface area contributed by atoms with Gasteiger partial charge in [-0.1, -0.05) is 26.0 Å². The molecule has 2 aromatic carbocycles. The molecule has 2 aliphatic rings. The smallest absolute Gasteiger partial charge is 0.251 e. The second kappa shape index (κ2) is 11.9. The largest absolute Gasteiger partial charge is 0.398 e. The highest BCUT2D eigenvalue weighted by atomic mass is 16.5. The van der Waals surface area contributed by atoms with Crippen LogP contribution in [-0.2, 0) is 9.47 Å². The molecule has 2 fully saturated rings. The fourth-order valence-electron chi connectivity index (χ4n) is 5.17. The number of amides is 1. The Morgan fingerprint density at radius 3 is 2.14 bits per heavy atom. The molecular formula is C28H39N5O3. The summed E-state index contributed by atoms with van der Waals surface area (Å²) in [5.74, 6) is -0.147. The third kappa shape index (κ3) is 5.72. The van der Waals surface area contributed by atoms with E-state index in [1.807, 2.05) is 24.3 Å². The predicted octanol–water partition coefficient (Wildman–Crippen LogP) is 3.14. The normalized spacial score (nSPS) is 17.1. The highest BCUT2D eigenvalue weighted by Crippen LogP contribution is 2.25. The summed E-state index contributed by atoms with van der Waals surface area (Å²) in [7, 11) is 0. The molecule has 1 amide bonds. The van der Waals surface area contributed by atoms with Crippen LogP contribution in [0.25, 0.3) is 0 Å². The van der Waals surface area contributed by atoms with Gasteiger partial charge in [-0.05, 0) is 43.2 Å². The van der Waals surface area contributed by atoms with E-state index < -0.39 is 0 Å². The number of nitrogens with two attached hydrogens (primary N) is 1. The average molecular weight is 494 g/mol. The quantitative estimate of drug-likeness (QED) is 0.366. The van der Waals surface area contributed by atoms with Crippen molar-refractivity contribution >= 4 is 23.0 Å². The molecule has 194 valence electrons. The van der Waals surface area contributed by atoms with E-state index in [0.29, 0.717) is 29.1 Å². The molecule has 0 saturated carbocycles. The molecule has 0 atom stereocenters. The Kier molecular flexibility index (Phi) is 8.61. The van der Waals surface area contributed by atoms with Crippen LogP contribution in [0.15, 0.2) is 42.5 Å². The second-order valence-corrected chi connectivity index (χ2v) is 9.54. The highest BCUT2D eigenvalue weighted by molar-refractivity contribution is 6.15. The highest BCUT2D eigenvalue weighted by Gasteiger charge is 2.34. The minimum atomic E-state index is -0.147. The molecule has 8 heteroatoms. The van der Waals surface area contributed by atoms with Crippen LogP contribution >= 0.6 is 0 Å². The summed E-state index contributed by atoms with van der Waals surface area (Å²) >= 11 is 0. The Morgan fingerprint density at radius 1 is 0.944 bits per heavy atom. The number of ether oxygens (including phenoxy) is 2. The molecule has 2 aliphatic heterocycles. The van der Waals surface area contributed by atoms with E-state index in [1.54, 1.807) is 18.2 Å². The van der Waals surface area contributed by atoms with Gasteiger partial charge in [-0.2, -0.15) is 0 Å². The maximum atomic E-state index is 13.2. The molecule has 8 nitrogen and oxygen atoms in total. The maximum absolute atomic E-state index is 13.2. The zero-order valence-electron chi connectivity index (χ0n) is 21.5. The Hall–Kier alpha value is -2.94. The number of carbonyl (C=O) groups excluding carboxylic acids is 1. The molecule has 0 radical (unpaired) electrons. The standard InChI is InChI=1S/C28H39N5O3/c1-3-28(4-2,33-13-17-36-18-14-33)20-31-27(34)22-7-10-25(29)24(19-22)26(30)21-5-8-23(9-6-21)32-11-15-35-16-12-32/h5-10,19,30H,3-4,11-18,20,29H2,1-2H3,(H,31,34). The van der Waals surface area contributed by atoms with Crippen molar-refractivity contribution in [2.75, 3.05) is 69.8 Å². The number of morpholine rings is 2. The second-order valence-electron chi connectivity index (χ2n) is 9.54. The Bertz CT molecular complexity index is 1040. The van der Waals surface area contributed by atoms with Crippen molar-refractivity contribution < 1.29 is 14.3 Å². The van der Waals surface area contributed by atoms with E-state index in [0.717, 1.165) is 76.7 Å². The molecule has 0 aromatic heterocycles. The zero-order chi connectivity index (χ0) is 25.5. The van der Waals surface area contributed by atoms with Gasteiger partial charge in [0, 0.05) is 66.3 Å². The molecule has 0 aliphatic carbocycles. The van der Waals surface area contributed by atoms with Gasteiger partial charge in [-0.3, -0.25) is 15.1 Å². The van der Waals surface area contributed by atoms with Gasteiger partial charge >= 0.3 is 0 Å². The van der Waals surface area contributed by atoms with Crippen molar-refractivity contribution in [3.63, 3.8) is 0 Å². The van der Waals surface area contributed by atoms with Crippen molar-refractivity contribution in [1.82, 2.24) is 10.2 Å². The van der Waals surface area contributed by atoms with Crippen molar-refractivity contribution in [3.05, 3.63) is 59.2 Å². The lowest BCUT2D eigenvalue weighted by Gasteiger charge is -2.45. The monoisotopic (exact) mass is 493 g/mol. The summed E-state index contributed by atoms with van der Waals surface area (Å²) in [4.78, 5) is 17.9. The van der Waals surface area contributed by atoms with Crippen LogP contribution in [0.4, 0.5) is 11.4 Å². The molecule has 4 N–H and O–H groups in total. The predicted molar refractivity (Wildman–Crippen MR) is 144 cm³/mol. The van der Waals surface area contributed by atoms with Crippen LogP contribution in [0, 0.1) is 5.41 Å². The summed E-state index contributed by atoms with van der Waals surface area (Å²) in [5, 5.41) is 12.0. The number of rotatable bonds is 9. The average Bonchev–Trinajstić information content (AvgIpc) is 2.95. The fraction of sp³-hybridized carbons (Fsp3) is 0.500. The van der Waals surface area contributed by atoms with Gasteiger partial charge in [0.25, 0.3) is 5.91 Å². The number of nitrogens with zero attached hydrogens (tertiary/aromatic N) is 2. The van der Waals surface area contributed by atoms with Crippen molar-refractivity contribution in [2.24, 2.45) is 0 Å². The van der Waals surface area contributed by atoms with E-state index in [-0.39, 0.29) is 11.4 Å². The summed E-state index contributed by atoms with van der Waals surface area (Å²) in [6.07, 6.45) is 1.89. The van der Waals surface area contributed by atoms with Crippen LogP contribution < -0.4 is 16.0 Å². The van der Waals surface area contributed by atoms with Gasteiger partial charge in [0.2, 0.25) is 0 Å². The van der Waals surface area contributed by atoms with E-state index in [1.165, 1.54) is 0 Å². The van der Waals surface area contributed by atoms with Crippen molar-refractivity contribution in [2.45, 2.75) is 32.2 Å². The lowest BCUT2D eigenvalue weighted by Crippen LogP contribution is -2.58. The molecule has 0 unspecified atom stereocenters. The maximum Gasteiger partial charge on any atom is 0.251 e. The van der Waals surface area contributed by atoms with Crippen LogP contribution in [0.5, 0.6) is 0 Å². The molecule has 2 saturated heterocycles. The SMILES string of the molecule is CCC(CC)(CNC(=O)c1ccc(N)c(C(=N)c2ccc(N3CCOCC3)cc2)c1)N1CCOCC1. The van der Waals surface area contributed by atoms with Crippen LogP contribution in [-0.4, -0.2) is 81.2 Å². The van der Waals surface area contributed by atoms with Crippen LogP contribution in [0.1, 0.15) is 48.2 Å². The van der Waals surface area contributed by atoms with Gasteiger partial charge in [0.1, 0.15) is 0 Å². The van der Waals surface area contributed by atoms with Gasteiger partial charge in [0.15, 0.2) is 0 Å². The summed E-state index contributed by atoms with van der Waals surface area (Å²) in [6, 6.07) is 13.1. The number of carbonyl (C=O) groups is 1. The number of nitrogen functional groups attached to an aromatic ring is 1. The van der Waals surface area contributed by atoms with Crippen LogP contribution in [0.2, 0.25) is 0 Å². The third-order valence-electron chi connectivity index (χ3n) is 7.69. The van der Waals surface area contributed by atoms with Gasteiger partial charge in [-0.25, -0.2) is 0 Å². The first-order valence-electron chi connectivity index (χ1n) is 13.0. The van der Waals surface area contributed by atoms with Crippen molar-refractivity contribution in [1.29, 1.82) is 5.41 Å². The molecule has 2 heterocycles. The van der Waals surface area contributed by atoms with Gasteiger partial charge < -0.3 is 25.4 Å². The molecule has 4 rings (SSSR count). The fourth-order valence-corrected chi connectivity index (χ4v) is 5.17. The van der Waals surface area contributed by atoms with Gasteiger partial charge in [-0.15, -0.1) is 0 Å². The molecular weight excluding hydrogens is 454 g/mol. The number of hydrogen-bond acceptors (Lipinski definition) is 7. The number of anilines is 2. The van der Waals surface area contributed by atoms with E-state index >= 15 is 0 Å². The first-order chi connectivity index (χ1) is 17.5. The first kappa shape index (κ1) is 26.1. The van der Waals surface area contributed by atoms with Gasteiger partial charge in [0.05, 0.1) is 32.1 Å². The summed E-state index contributed by atoms with van der Waals surface area (Å²) in [5.41, 5.74) is 9.90. The Balaban J connectivity index is 1.46. The first-order valence-corrected chi connectivity index (χ1v) is 13.0. The number of nitrogens with one attached hydrogen (secondary N) is 2. The number of benzene rings is 2. The molecule has 0 bridgehead atoms. The van der Waals surface area contributed by atoms with Crippen LogP contribution in [0.3, 0.4) is 0 Å². The van der Waals surface area contributed by atoms with E-state index in [9.17, 15) is 4.79 Å². The summed E-state index contributed by atoms with van der Waals surface area (Å²) in [6.45, 7) is 11.3. The molecule has 0 spiro atoms. The van der Waals surface area contributed by atoms with Crippen molar-refractivity contribution in [3.8, 4) is 0 Å².